The molecule has 0 bridgehead atoms. The lowest BCUT2D eigenvalue weighted by Gasteiger charge is -2.18. The van der Waals surface area contributed by atoms with Crippen LogP contribution < -0.4 is 10.6 Å². The standard InChI is InChI=1S/C26H23N5O3/c1-3-17-11-22-25(29-14(2)9-23(32)31-22)24(30-17)18-6-4-5-15-10-21(28-13-19(15)18)16-7-8-20(26(33)34)27-12-16/h4-8,10-14,29H,3,9H2,1-2H3,(H,31,32)(H,33,34)/t14-/m1/s1. The van der Waals surface area contributed by atoms with Gasteiger partial charge in [-0.3, -0.25) is 14.8 Å². The van der Waals surface area contributed by atoms with Crippen molar-refractivity contribution in [3.05, 3.63) is 66.2 Å². The van der Waals surface area contributed by atoms with Gasteiger partial charge in [-0.25, -0.2) is 9.78 Å². The van der Waals surface area contributed by atoms with E-state index in [0.29, 0.717) is 12.1 Å². The smallest absolute Gasteiger partial charge is 0.354 e. The van der Waals surface area contributed by atoms with Crippen LogP contribution in [-0.2, 0) is 11.2 Å². The molecular formula is C26H23N5O3. The number of pyridine rings is 3. The number of nitrogens with zero attached hydrogens (tertiary/aromatic N) is 3. The van der Waals surface area contributed by atoms with E-state index in [9.17, 15) is 9.59 Å². The van der Waals surface area contributed by atoms with E-state index in [-0.39, 0.29) is 17.6 Å². The molecule has 1 aliphatic rings. The Labute approximate surface area is 196 Å². The Kier molecular flexibility index (Phi) is 5.41. The number of hydrogen-bond donors (Lipinski definition) is 3. The van der Waals surface area contributed by atoms with Crippen LogP contribution in [0.1, 0.15) is 36.5 Å². The van der Waals surface area contributed by atoms with E-state index in [1.807, 2.05) is 44.2 Å². The molecule has 4 heterocycles. The highest BCUT2D eigenvalue weighted by Crippen LogP contribution is 2.39. The average molecular weight is 454 g/mol. The predicted octanol–water partition coefficient (Wildman–Crippen LogP) is 4.76. The zero-order chi connectivity index (χ0) is 23.8. The van der Waals surface area contributed by atoms with Gasteiger partial charge in [0.25, 0.3) is 0 Å². The minimum Gasteiger partial charge on any atom is -0.477 e. The molecule has 0 fully saturated rings. The number of aryl methyl sites for hydroxylation is 1. The van der Waals surface area contributed by atoms with Crippen LogP contribution >= 0.6 is 0 Å². The van der Waals surface area contributed by atoms with E-state index >= 15 is 0 Å². The molecule has 8 heteroatoms. The van der Waals surface area contributed by atoms with E-state index in [2.05, 4.69) is 20.6 Å². The Morgan fingerprint density at radius 1 is 1.15 bits per heavy atom. The van der Waals surface area contributed by atoms with Crippen molar-refractivity contribution in [2.75, 3.05) is 10.6 Å². The minimum atomic E-state index is -1.07. The van der Waals surface area contributed by atoms with Crippen molar-refractivity contribution in [2.45, 2.75) is 32.7 Å². The van der Waals surface area contributed by atoms with Crippen molar-refractivity contribution in [1.82, 2.24) is 15.0 Å². The number of amides is 1. The third kappa shape index (κ3) is 3.94. The Balaban J connectivity index is 1.64. The molecule has 3 N–H and O–H groups in total. The Morgan fingerprint density at radius 2 is 2.00 bits per heavy atom. The highest BCUT2D eigenvalue weighted by molar-refractivity contribution is 6.04. The molecule has 0 unspecified atom stereocenters. The number of aromatic carboxylic acids is 1. The van der Waals surface area contributed by atoms with Crippen LogP contribution in [0.25, 0.3) is 33.3 Å². The second-order valence-electron chi connectivity index (χ2n) is 8.37. The zero-order valence-corrected chi connectivity index (χ0v) is 18.8. The molecule has 0 aliphatic carbocycles. The number of carboxylic acids is 1. The lowest BCUT2D eigenvalue weighted by molar-refractivity contribution is -0.116. The minimum absolute atomic E-state index is 0.0109. The fourth-order valence-electron chi connectivity index (χ4n) is 4.20. The second-order valence-corrected chi connectivity index (χ2v) is 8.37. The summed E-state index contributed by atoms with van der Waals surface area (Å²) in [6, 6.07) is 13.0. The summed E-state index contributed by atoms with van der Waals surface area (Å²) >= 11 is 0. The van der Waals surface area contributed by atoms with E-state index in [4.69, 9.17) is 10.1 Å². The van der Waals surface area contributed by atoms with Gasteiger partial charge >= 0.3 is 5.97 Å². The van der Waals surface area contributed by atoms with E-state index in [1.165, 1.54) is 12.3 Å². The average Bonchev–Trinajstić information content (AvgIpc) is 2.98. The van der Waals surface area contributed by atoms with Gasteiger partial charge in [0.2, 0.25) is 5.91 Å². The first-order valence-corrected chi connectivity index (χ1v) is 11.1. The van der Waals surface area contributed by atoms with Crippen LogP contribution in [0, 0.1) is 0 Å². The maximum absolute atomic E-state index is 12.3. The molecule has 4 aromatic rings. The summed E-state index contributed by atoms with van der Waals surface area (Å²) in [5.74, 6) is -1.09. The molecule has 1 aliphatic heterocycles. The first kappa shape index (κ1) is 21.5. The summed E-state index contributed by atoms with van der Waals surface area (Å²) in [4.78, 5) is 37.0. The number of rotatable bonds is 4. The molecule has 1 amide bonds. The molecule has 0 spiro atoms. The summed E-state index contributed by atoms with van der Waals surface area (Å²) in [6.07, 6.45) is 4.43. The number of carbonyl (C=O) groups is 2. The number of carboxylic acid groups (broad SMARTS) is 1. The number of hydrogen-bond acceptors (Lipinski definition) is 6. The number of fused-ring (bicyclic) bond motifs is 2. The fraction of sp³-hybridized carbons (Fsp3) is 0.192. The number of carbonyl (C=O) groups excluding carboxylic acids is 1. The maximum atomic E-state index is 12.3. The summed E-state index contributed by atoms with van der Waals surface area (Å²) in [6.45, 7) is 4.01. The largest absolute Gasteiger partial charge is 0.477 e. The van der Waals surface area contributed by atoms with Gasteiger partial charge in [-0.2, -0.15) is 0 Å². The Morgan fingerprint density at radius 3 is 2.74 bits per heavy atom. The van der Waals surface area contributed by atoms with Crippen LogP contribution in [0.4, 0.5) is 11.4 Å². The van der Waals surface area contributed by atoms with Gasteiger partial charge in [-0.05, 0) is 43.0 Å². The van der Waals surface area contributed by atoms with Crippen LogP contribution in [0.3, 0.4) is 0 Å². The van der Waals surface area contributed by atoms with E-state index in [1.54, 1.807) is 12.3 Å². The maximum Gasteiger partial charge on any atom is 0.354 e. The molecule has 170 valence electrons. The molecule has 0 saturated carbocycles. The quantitative estimate of drug-likeness (QED) is 0.408. The molecule has 0 radical (unpaired) electrons. The molecular weight excluding hydrogens is 430 g/mol. The lowest BCUT2D eigenvalue weighted by atomic mass is 9.99. The van der Waals surface area contributed by atoms with Crippen molar-refractivity contribution in [1.29, 1.82) is 0 Å². The number of aromatic nitrogens is 3. The predicted molar refractivity (Wildman–Crippen MR) is 131 cm³/mol. The van der Waals surface area contributed by atoms with Gasteiger partial charge in [0.05, 0.1) is 22.8 Å². The zero-order valence-electron chi connectivity index (χ0n) is 18.8. The van der Waals surface area contributed by atoms with Crippen LogP contribution in [0.5, 0.6) is 0 Å². The summed E-state index contributed by atoms with van der Waals surface area (Å²) in [5, 5.41) is 17.5. The molecule has 34 heavy (non-hydrogen) atoms. The third-order valence-corrected chi connectivity index (χ3v) is 5.89. The van der Waals surface area contributed by atoms with E-state index in [0.717, 1.165) is 51.1 Å². The van der Waals surface area contributed by atoms with Gasteiger partial charge in [-0.1, -0.05) is 25.1 Å². The normalized spacial score (nSPS) is 15.2. The van der Waals surface area contributed by atoms with Crippen molar-refractivity contribution in [2.24, 2.45) is 0 Å². The first-order chi connectivity index (χ1) is 16.4. The topological polar surface area (TPSA) is 117 Å². The first-order valence-electron chi connectivity index (χ1n) is 11.1. The van der Waals surface area contributed by atoms with Gasteiger partial charge in [0.1, 0.15) is 5.69 Å². The number of benzene rings is 1. The van der Waals surface area contributed by atoms with Crippen LogP contribution in [0.15, 0.2) is 54.9 Å². The summed E-state index contributed by atoms with van der Waals surface area (Å²) in [5.41, 5.74) is 5.54. The van der Waals surface area contributed by atoms with Crippen molar-refractivity contribution < 1.29 is 14.7 Å². The molecule has 1 atom stereocenters. The number of nitrogens with one attached hydrogen (secondary N) is 2. The van der Waals surface area contributed by atoms with Gasteiger partial charge < -0.3 is 15.7 Å². The van der Waals surface area contributed by atoms with Crippen molar-refractivity contribution in [3.63, 3.8) is 0 Å². The summed E-state index contributed by atoms with van der Waals surface area (Å²) < 4.78 is 0. The Bertz CT molecular complexity index is 1430. The molecule has 8 nitrogen and oxygen atoms in total. The number of anilines is 2. The highest BCUT2D eigenvalue weighted by atomic mass is 16.4. The molecule has 1 aromatic carbocycles. The van der Waals surface area contributed by atoms with Gasteiger partial charge in [0, 0.05) is 47.1 Å². The van der Waals surface area contributed by atoms with E-state index < -0.39 is 5.97 Å². The lowest BCUT2D eigenvalue weighted by Crippen LogP contribution is -2.19. The molecule has 0 saturated heterocycles. The third-order valence-electron chi connectivity index (χ3n) is 5.89. The van der Waals surface area contributed by atoms with Crippen molar-refractivity contribution >= 4 is 34.0 Å². The second kappa shape index (κ2) is 8.55. The monoisotopic (exact) mass is 453 g/mol. The highest BCUT2D eigenvalue weighted by Gasteiger charge is 2.23. The summed E-state index contributed by atoms with van der Waals surface area (Å²) in [7, 11) is 0. The van der Waals surface area contributed by atoms with Crippen LogP contribution in [-0.4, -0.2) is 38.0 Å². The SMILES string of the molecule is CCc1cc2c(c(-c3cccc4cc(-c5ccc(C(=O)O)nc5)ncc34)n1)N[C@H](C)CC(=O)N2. The molecule has 3 aromatic heterocycles. The molecule has 5 rings (SSSR count). The van der Waals surface area contributed by atoms with Crippen molar-refractivity contribution in [3.8, 4) is 22.5 Å². The van der Waals surface area contributed by atoms with Gasteiger partial charge in [-0.15, -0.1) is 0 Å². The Hall–Kier alpha value is -4.33. The van der Waals surface area contributed by atoms with Gasteiger partial charge in [0.15, 0.2) is 0 Å². The van der Waals surface area contributed by atoms with Crippen LogP contribution in [0.2, 0.25) is 0 Å². The fourth-order valence-corrected chi connectivity index (χ4v) is 4.20.